The quantitative estimate of drug-likeness (QED) is 0.806. The van der Waals surface area contributed by atoms with Gasteiger partial charge in [-0.15, -0.1) is 0 Å². The van der Waals surface area contributed by atoms with Gasteiger partial charge >= 0.3 is 0 Å². The summed E-state index contributed by atoms with van der Waals surface area (Å²) in [5, 5.41) is 0. The number of carbonyl (C=O) groups excluding carboxylic acids is 1. The molecular weight excluding hydrogens is 321 g/mol. The molecule has 1 amide bonds. The van der Waals surface area contributed by atoms with Crippen molar-refractivity contribution in [3.05, 3.63) is 59.9 Å². The second-order valence-electron chi connectivity index (χ2n) is 6.15. The topological polar surface area (TPSA) is 38.8 Å². The average Bonchev–Trinajstić information content (AvgIpc) is 3.10. The monoisotopic (exact) mass is 343 g/mol. The summed E-state index contributed by atoms with van der Waals surface area (Å²) in [5.41, 5.74) is 1.04. The van der Waals surface area contributed by atoms with E-state index >= 15 is 0 Å². The Morgan fingerprint density at radius 1 is 1.16 bits per heavy atom. The SMILES string of the molecule is COc1ccccc1OCC(=O)N1CCCC1Cc1ccc(F)cc1. The van der Waals surface area contributed by atoms with Crippen molar-refractivity contribution in [3.8, 4) is 11.5 Å². The number of methoxy groups -OCH3 is 1. The smallest absolute Gasteiger partial charge is 0.260 e. The number of para-hydroxylation sites is 2. The normalized spacial score (nSPS) is 16.7. The molecule has 2 aromatic rings. The zero-order valence-corrected chi connectivity index (χ0v) is 14.3. The summed E-state index contributed by atoms with van der Waals surface area (Å²) in [5.74, 6) is 0.899. The highest BCUT2D eigenvalue weighted by atomic mass is 19.1. The molecule has 1 atom stereocenters. The average molecular weight is 343 g/mol. The first-order valence-corrected chi connectivity index (χ1v) is 8.47. The van der Waals surface area contributed by atoms with Crippen LogP contribution in [0.5, 0.6) is 11.5 Å². The lowest BCUT2D eigenvalue weighted by Crippen LogP contribution is -2.39. The minimum atomic E-state index is -0.242. The summed E-state index contributed by atoms with van der Waals surface area (Å²) in [6.45, 7) is 0.722. The van der Waals surface area contributed by atoms with Crippen molar-refractivity contribution in [1.29, 1.82) is 0 Å². The van der Waals surface area contributed by atoms with E-state index in [-0.39, 0.29) is 24.4 Å². The van der Waals surface area contributed by atoms with Crippen LogP contribution in [0.15, 0.2) is 48.5 Å². The van der Waals surface area contributed by atoms with Crippen LogP contribution in [0.25, 0.3) is 0 Å². The van der Waals surface area contributed by atoms with Crippen molar-refractivity contribution in [2.45, 2.75) is 25.3 Å². The molecule has 0 aliphatic carbocycles. The van der Waals surface area contributed by atoms with E-state index in [2.05, 4.69) is 0 Å². The molecular formula is C20H22FNO3. The van der Waals surface area contributed by atoms with E-state index in [9.17, 15) is 9.18 Å². The van der Waals surface area contributed by atoms with Gasteiger partial charge in [0, 0.05) is 12.6 Å². The minimum Gasteiger partial charge on any atom is -0.493 e. The highest BCUT2D eigenvalue weighted by Crippen LogP contribution is 2.26. The number of halogens is 1. The second kappa shape index (κ2) is 8.01. The molecule has 3 rings (SSSR count). The van der Waals surface area contributed by atoms with Crippen LogP contribution < -0.4 is 9.47 Å². The summed E-state index contributed by atoms with van der Waals surface area (Å²) >= 11 is 0. The molecule has 5 heteroatoms. The Labute approximate surface area is 147 Å². The van der Waals surface area contributed by atoms with Crippen LogP contribution in [-0.4, -0.2) is 37.1 Å². The van der Waals surface area contributed by atoms with Gasteiger partial charge in [0.15, 0.2) is 18.1 Å². The number of ether oxygens (including phenoxy) is 2. The fraction of sp³-hybridized carbons (Fsp3) is 0.350. The van der Waals surface area contributed by atoms with Gasteiger partial charge in [-0.05, 0) is 49.1 Å². The number of rotatable bonds is 6. The largest absolute Gasteiger partial charge is 0.493 e. The van der Waals surface area contributed by atoms with Gasteiger partial charge in [-0.2, -0.15) is 0 Å². The lowest BCUT2D eigenvalue weighted by atomic mass is 10.0. The Kier molecular flexibility index (Phi) is 5.53. The fourth-order valence-corrected chi connectivity index (χ4v) is 3.23. The lowest BCUT2D eigenvalue weighted by Gasteiger charge is -2.25. The van der Waals surface area contributed by atoms with Crippen molar-refractivity contribution in [2.75, 3.05) is 20.3 Å². The Bertz CT molecular complexity index is 717. The Morgan fingerprint density at radius 3 is 2.60 bits per heavy atom. The third kappa shape index (κ3) is 4.29. The van der Waals surface area contributed by atoms with Crippen molar-refractivity contribution < 1.29 is 18.7 Å². The van der Waals surface area contributed by atoms with Crippen LogP contribution in [-0.2, 0) is 11.2 Å². The first-order valence-electron chi connectivity index (χ1n) is 8.47. The first kappa shape index (κ1) is 17.3. The van der Waals surface area contributed by atoms with Crippen molar-refractivity contribution >= 4 is 5.91 Å². The number of nitrogens with zero attached hydrogens (tertiary/aromatic N) is 1. The molecule has 2 aromatic carbocycles. The Morgan fingerprint density at radius 2 is 1.88 bits per heavy atom. The number of hydrogen-bond acceptors (Lipinski definition) is 3. The maximum absolute atomic E-state index is 13.0. The lowest BCUT2D eigenvalue weighted by molar-refractivity contribution is -0.134. The molecule has 1 aliphatic rings. The van der Waals surface area contributed by atoms with Crippen LogP contribution in [0.4, 0.5) is 4.39 Å². The van der Waals surface area contributed by atoms with E-state index in [0.717, 1.165) is 31.4 Å². The van der Waals surface area contributed by atoms with E-state index in [0.29, 0.717) is 11.5 Å². The van der Waals surface area contributed by atoms with Crippen LogP contribution in [0.2, 0.25) is 0 Å². The molecule has 25 heavy (non-hydrogen) atoms. The third-order valence-electron chi connectivity index (χ3n) is 4.50. The van der Waals surface area contributed by atoms with E-state index in [1.807, 2.05) is 17.0 Å². The predicted molar refractivity (Wildman–Crippen MR) is 93.3 cm³/mol. The maximum Gasteiger partial charge on any atom is 0.260 e. The number of carbonyl (C=O) groups is 1. The molecule has 132 valence electrons. The van der Waals surface area contributed by atoms with E-state index in [4.69, 9.17) is 9.47 Å². The highest BCUT2D eigenvalue weighted by Gasteiger charge is 2.29. The van der Waals surface area contributed by atoms with Crippen molar-refractivity contribution in [1.82, 2.24) is 4.90 Å². The fourth-order valence-electron chi connectivity index (χ4n) is 3.23. The van der Waals surface area contributed by atoms with Crippen molar-refractivity contribution in [3.63, 3.8) is 0 Å². The summed E-state index contributed by atoms with van der Waals surface area (Å²) in [6, 6.07) is 13.9. The summed E-state index contributed by atoms with van der Waals surface area (Å²) in [4.78, 5) is 14.4. The first-order chi connectivity index (χ1) is 12.2. The van der Waals surface area contributed by atoms with Gasteiger partial charge in [0.05, 0.1) is 7.11 Å². The van der Waals surface area contributed by atoms with Gasteiger partial charge in [0.25, 0.3) is 5.91 Å². The molecule has 4 nitrogen and oxygen atoms in total. The molecule has 0 N–H and O–H groups in total. The molecule has 1 saturated heterocycles. The molecule has 1 heterocycles. The van der Waals surface area contributed by atoms with E-state index < -0.39 is 0 Å². The summed E-state index contributed by atoms with van der Waals surface area (Å²) in [6.07, 6.45) is 2.67. The molecule has 1 aliphatic heterocycles. The number of amides is 1. The molecule has 0 spiro atoms. The number of benzene rings is 2. The van der Waals surface area contributed by atoms with Gasteiger partial charge in [-0.3, -0.25) is 4.79 Å². The standard InChI is InChI=1S/C20H22FNO3/c1-24-18-6-2-3-7-19(18)25-14-20(23)22-12-4-5-17(22)13-15-8-10-16(21)11-9-15/h2-3,6-11,17H,4-5,12-14H2,1H3. The van der Waals surface area contributed by atoms with Crippen LogP contribution in [0, 0.1) is 5.82 Å². The van der Waals surface area contributed by atoms with Gasteiger partial charge in [-0.1, -0.05) is 24.3 Å². The third-order valence-corrected chi connectivity index (χ3v) is 4.50. The highest BCUT2D eigenvalue weighted by molar-refractivity contribution is 5.78. The predicted octanol–water partition coefficient (Wildman–Crippen LogP) is 3.45. The van der Waals surface area contributed by atoms with Crippen LogP contribution >= 0.6 is 0 Å². The summed E-state index contributed by atoms with van der Waals surface area (Å²) < 4.78 is 23.9. The van der Waals surface area contributed by atoms with E-state index in [1.165, 1.54) is 12.1 Å². The number of hydrogen-bond donors (Lipinski definition) is 0. The van der Waals surface area contributed by atoms with Crippen molar-refractivity contribution in [2.24, 2.45) is 0 Å². The molecule has 0 radical (unpaired) electrons. The molecule has 1 unspecified atom stereocenters. The van der Waals surface area contributed by atoms with Gasteiger partial charge in [0.2, 0.25) is 0 Å². The molecule has 0 bridgehead atoms. The molecule has 1 fully saturated rings. The summed E-state index contributed by atoms with van der Waals surface area (Å²) in [7, 11) is 1.57. The van der Waals surface area contributed by atoms with Gasteiger partial charge < -0.3 is 14.4 Å². The Hall–Kier alpha value is -2.56. The van der Waals surface area contributed by atoms with E-state index in [1.54, 1.807) is 31.4 Å². The second-order valence-corrected chi connectivity index (χ2v) is 6.15. The van der Waals surface area contributed by atoms with Crippen LogP contribution in [0.3, 0.4) is 0 Å². The zero-order valence-electron chi connectivity index (χ0n) is 14.3. The zero-order chi connectivity index (χ0) is 17.6. The Balaban J connectivity index is 1.59. The minimum absolute atomic E-state index is 0.0136. The molecule has 0 saturated carbocycles. The van der Waals surface area contributed by atoms with Crippen LogP contribution in [0.1, 0.15) is 18.4 Å². The van der Waals surface area contributed by atoms with Gasteiger partial charge in [0.1, 0.15) is 5.82 Å². The maximum atomic E-state index is 13.0. The number of likely N-dealkylation sites (tertiary alicyclic amines) is 1. The molecule has 0 aromatic heterocycles. The van der Waals surface area contributed by atoms with Gasteiger partial charge in [-0.25, -0.2) is 4.39 Å².